The van der Waals surface area contributed by atoms with Crippen LogP contribution in [0.2, 0.25) is 0 Å². The van der Waals surface area contributed by atoms with E-state index in [1.807, 2.05) is 21.1 Å². The van der Waals surface area contributed by atoms with Crippen LogP contribution in [-0.4, -0.2) is 38.8 Å². The molecule has 11 heavy (non-hydrogen) atoms. The van der Waals surface area contributed by atoms with Crippen molar-refractivity contribution in [2.45, 2.75) is 0 Å². The van der Waals surface area contributed by atoms with Crippen molar-refractivity contribution in [1.82, 2.24) is 0 Å². The third-order valence-electron chi connectivity index (χ3n) is 0.978. The van der Waals surface area contributed by atoms with Crippen molar-refractivity contribution < 1.29 is 26.0 Å². The molecule has 0 fully saturated rings. The summed E-state index contributed by atoms with van der Waals surface area (Å²) in [6, 6.07) is 0. The van der Waals surface area contributed by atoms with Crippen molar-refractivity contribution in [3.05, 3.63) is 0 Å². The summed E-state index contributed by atoms with van der Waals surface area (Å²) in [7, 11) is 3.87. The number of likely N-dealkylation sites (N-methyl/N-ethyl adjacent to an activating group) is 1. The summed E-state index contributed by atoms with van der Waals surface area (Å²) < 4.78 is 15.8. The number of halogens is 2. The van der Waals surface area contributed by atoms with Crippen LogP contribution in [-0.2, 0) is 9.09 Å². The molecule has 0 heterocycles. The van der Waals surface area contributed by atoms with Crippen molar-refractivity contribution in [2.75, 3.05) is 34.3 Å². The summed E-state index contributed by atoms with van der Waals surface area (Å²) in [4.78, 5) is 0. The van der Waals surface area contributed by atoms with Crippen LogP contribution >= 0.6 is 18.6 Å². The van der Waals surface area contributed by atoms with Crippen LogP contribution in [0.4, 0.5) is 0 Å². The van der Waals surface area contributed by atoms with E-state index in [4.69, 9.17) is 15.8 Å². The molecule has 0 rings (SSSR count). The molecule has 0 aliphatic rings. The van der Waals surface area contributed by atoms with Crippen LogP contribution in [0.3, 0.4) is 0 Å². The van der Waals surface area contributed by atoms with E-state index in [0.717, 1.165) is 11.0 Å². The lowest BCUT2D eigenvalue weighted by molar-refractivity contribution is -0.870. The monoisotopic (exact) mass is 221 g/mol. The summed E-state index contributed by atoms with van der Waals surface area (Å²) in [5.74, 6) is 0. The van der Waals surface area contributed by atoms with Gasteiger partial charge in [0.1, 0.15) is 13.2 Å². The van der Waals surface area contributed by atoms with Crippen LogP contribution in [0, 0.1) is 0 Å². The number of rotatable bonds is 4. The first-order chi connectivity index (χ1) is 4.42. The lowest BCUT2D eigenvalue weighted by atomic mass is 10.5. The van der Waals surface area contributed by atoms with Crippen molar-refractivity contribution in [3.8, 4) is 0 Å². The van der Waals surface area contributed by atoms with Gasteiger partial charge in [0.2, 0.25) is 0 Å². The second-order valence-electron chi connectivity index (χ2n) is 3.10. The molecule has 0 aliphatic heterocycles. The van der Waals surface area contributed by atoms with Gasteiger partial charge >= 0.3 is 0 Å². The minimum Gasteiger partial charge on any atom is -1.00 e. The van der Waals surface area contributed by atoms with Crippen molar-refractivity contribution in [2.24, 2.45) is 0 Å². The minimum atomic E-state index is -2.24. The van der Waals surface area contributed by atoms with Crippen LogP contribution in [0.5, 0.6) is 0 Å². The average Bonchev–Trinajstić information content (AvgIpc) is 1.59. The highest BCUT2D eigenvalue weighted by Gasteiger charge is 2.06. The van der Waals surface area contributed by atoms with Crippen molar-refractivity contribution in [1.29, 1.82) is 0 Å². The largest absolute Gasteiger partial charge is 1.00 e. The third-order valence-corrected chi connectivity index (χ3v) is 1.74. The van der Waals surface area contributed by atoms with E-state index in [0.29, 0.717) is 6.61 Å². The van der Waals surface area contributed by atoms with Gasteiger partial charge in [0.05, 0.1) is 21.1 Å². The molecule has 0 aromatic heterocycles. The first-order valence-electron chi connectivity index (χ1n) is 3.04. The fourth-order valence-corrected chi connectivity index (χ4v) is 0.883. The second-order valence-corrected chi connectivity index (χ2v) is 4.79. The maximum Gasteiger partial charge on any atom is 0.279 e. The van der Waals surface area contributed by atoms with Gasteiger partial charge in [-0.2, -0.15) is 0 Å². The van der Waals surface area contributed by atoms with Gasteiger partial charge in [0.15, 0.2) is 0 Å². The summed E-state index contributed by atoms with van der Waals surface area (Å²) in [5.41, 5.74) is 0. The minimum absolute atomic E-state index is 0. The standard InChI is InChI=1S/C5H14ClNO2P.ClH/c1-7(2,3)4-5-9-10(6)8;/h10H,4-5H2,1-3H3;1H/q+1;/p-1. The predicted octanol–water partition coefficient (Wildman–Crippen LogP) is -1.66. The zero-order valence-electron chi connectivity index (χ0n) is 6.93. The Hall–Kier alpha value is 0.730. The lowest BCUT2D eigenvalue weighted by Crippen LogP contribution is -3.00. The predicted molar refractivity (Wildman–Crippen MR) is 43.7 cm³/mol. The molecule has 0 radical (unpaired) electrons. The number of nitrogens with zero attached hydrogens (tertiary/aromatic N) is 1. The number of hydrogen-bond acceptors (Lipinski definition) is 2. The smallest absolute Gasteiger partial charge is 0.279 e. The van der Waals surface area contributed by atoms with Crippen LogP contribution in [0.25, 0.3) is 0 Å². The summed E-state index contributed by atoms with van der Waals surface area (Å²) in [6.45, 7) is 1.29. The summed E-state index contributed by atoms with van der Waals surface area (Å²) in [5, 5.41) is 0. The molecule has 70 valence electrons. The Morgan fingerprint density at radius 1 is 1.45 bits per heavy atom. The summed E-state index contributed by atoms with van der Waals surface area (Å²) in [6.07, 6.45) is 0. The Bertz CT molecular complexity index is 126. The highest BCUT2D eigenvalue weighted by atomic mass is 35.7. The number of quaternary nitrogens is 1. The van der Waals surface area contributed by atoms with Crippen LogP contribution < -0.4 is 12.4 Å². The molecular formula is C5H14Cl2NO2P. The molecule has 0 saturated heterocycles. The molecule has 0 aromatic rings. The molecule has 0 aliphatic carbocycles. The zero-order valence-corrected chi connectivity index (χ0v) is 9.45. The third kappa shape index (κ3) is 13.7. The van der Waals surface area contributed by atoms with E-state index in [1.54, 1.807) is 0 Å². The molecule has 3 nitrogen and oxygen atoms in total. The molecule has 0 aromatic carbocycles. The first kappa shape index (κ1) is 14.3. The van der Waals surface area contributed by atoms with Gasteiger partial charge in [0.25, 0.3) is 7.38 Å². The fraction of sp³-hybridized carbons (Fsp3) is 1.00. The highest BCUT2D eigenvalue weighted by Crippen LogP contribution is 2.26. The molecule has 1 atom stereocenters. The van der Waals surface area contributed by atoms with Crippen molar-refractivity contribution >= 4 is 18.6 Å². The molecule has 0 amide bonds. The Kier molecular flexibility index (Phi) is 8.13. The first-order valence-corrected chi connectivity index (χ1v) is 5.37. The fourth-order valence-electron chi connectivity index (χ4n) is 0.400. The lowest BCUT2D eigenvalue weighted by Gasteiger charge is -2.22. The SMILES string of the molecule is C[N+](C)(C)CCO[PH](=O)Cl.[Cl-]. The van der Waals surface area contributed by atoms with E-state index in [2.05, 4.69) is 0 Å². The number of hydrogen-bond donors (Lipinski definition) is 0. The van der Waals surface area contributed by atoms with Gasteiger partial charge in [-0.05, 0) is 11.2 Å². The van der Waals surface area contributed by atoms with Gasteiger partial charge in [-0.3, -0.25) is 4.57 Å². The van der Waals surface area contributed by atoms with Crippen LogP contribution in [0.1, 0.15) is 0 Å². The Morgan fingerprint density at radius 2 is 1.91 bits per heavy atom. The summed E-state index contributed by atoms with van der Waals surface area (Å²) >= 11 is 5.12. The Morgan fingerprint density at radius 3 is 2.18 bits per heavy atom. The molecule has 1 unspecified atom stereocenters. The van der Waals surface area contributed by atoms with E-state index in [1.165, 1.54) is 0 Å². The maximum absolute atomic E-state index is 10.3. The van der Waals surface area contributed by atoms with Crippen molar-refractivity contribution in [3.63, 3.8) is 0 Å². The normalized spacial score (nSPS) is 13.8. The van der Waals surface area contributed by atoms with Gasteiger partial charge < -0.3 is 21.4 Å². The second kappa shape index (κ2) is 6.27. The van der Waals surface area contributed by atoms with Gasteiger partial charge in [-0.1, -0.05) is 0 Å². The maximum atomic E-state index is 10.3. The van der Waals surface area contributed by atoms with Gasteiger partial charge in [-0.15, -0.1) is 0 Å². The average molecular weight is 222 g/mol. The quantitative estimate of drug-likeness (QED) is 0.420. The Balaban J connectivity index is 0. The molecule has 0 spiro atoms. The molecular weight excluding hydrogens is 208 g/mol. The molecule has 0 saturated carbocycles. The molecule has 0 N–H and O–H groups in total. The highest BCUT2D eigenvalue weighted by molar-refractivity contribution is 7.69. The van der Waals surface area contributed by atoms with E-state index in [9.17, 15) is 4.57 Å². The zero-order chi connectivity index (χ0) is 8.20. The van der Waals surface area contributed by atoms with E-state index >= 15 is 0 Å². The van der Waals surface area contributed by atoms with Gasteiger partial charge in [-0.25, -0.2) is 0 Å². The molecule has 0 bridgehead atoms. The van der Waals surface area contributed by atoms with Gasteiger partial charge in [0, 0.05) is 0 Å². The topological polar surface area (TPSA) is 26.3 Å². The van der Waals surface area contributed by atoms with E-state index in [-0.39, 0.29) is 12.4 Å². The van der Waals surface area contributed by atoms with E-state index < -0.39 is 7.38 Å². The van der Waals surface area contributed by atoms with Crippen LogP contribution in [0.15, 0.2) is 0 Å². The molecule has 6 heteroatoms. The Labute approximate surface area is 79.3 Å².